The van der Waals surface area contributed by atoms with Crippen LogP contribution in [0.2, 0.25) is 0 Å². The number of phenols is 1. The average Bonchev–Trinajstić information content (AvgIpc) is 2.56. The summed E-state index contributed by atoms with van der Waals surface area (Å²) in [6.07, 6.45) is 4.14. The van der Waals surface area contributed by atoms with Crippen LogP contribution in [0, 0.1) is 0 Å². The van der Waals surface area contributed by atoms with Crippen LogP contribution in [0.4, 0.5) is 0 Å². The minimum atomic E-state index is 0.325. The number of nitrogens with one attached hydrogen (secondary N) is 1. The first-order chi connectivity index (χ1) is 10.8. The lowest BCUT2D eigenvalue weighted by Gasteiger charge is -2.35. The number of allylic oxidation sites excluding steroid dienone is 1. The molecule has 3 nitrogen and oxygen atoms in total. The quantitative estimate of drug-likeness (QED) is 0.830. The lowest BCUT2D eigenvalue weighted by atomic mass is 9.96. The number of piperazine rings is 1. The molecule has 1 atom stereocenters. The second-order valence-corrected chi connectivity index (χ2v) is 5.96. The highest BCUT2D eigenvalue weighted by molar-refractivity contribution is 5.84. The lowest BCUT2D eigenvalue weighted by molar-refractivity contribution is 0.166. The van der Waals surface area contributed by atoms with Gasteiger partial charge in [0.15, 0.2) is 0 Å². The van der Waals surface area contributed by atoms with E-state index in [1.165, 1.54) is 10.9 Å². The summed E-state index contributed by atoms with van der Waals surface area (Å²) in [5.74, 6) is 0.325. The van der Waals surface area contributed by atoms with Gasteiger partial charge in [0.2, 0.25) is 0 Å². The van der Waals surface area contributed by atoms with Crippen molar-refractivity contribution in [1.29, 1.82) is 0 Å². The molecular formula is C19H24N2O. The van der Waals surface area contributed by atoms with E-state index in [4.69, 9.17) is 0 Å². The van der Waals surface area contributed by atoms with E-state index in [-0.39, 0.29) is 0 Å². The van der Waals surface area contributed by atoms with Crippen molar-refractivity contribution in [2.45, 2.75) is 18.9 Å². The molecule has 2 N–H and O–H groups in total. The minimum Gasteiger partial charge on any atom is -0.508 e. The van der Waals surface area contributed by atoms with Crippen molar-refractivity contribution in [3.8, 4) is 5.75 Å². The summed E-state index contributed by atoms with van der Waals surface area (Å²) in [6, 6.07) is 12.6. The number of benzene rings is 2. The summed E-state index contributed by atoms with van der Waals surface area (Å²) in [7, 11) is 0. The molecule has 0 saturated carbocycles. The van der Waals surface area contributed by atoms with E-state index in [0.29, 0.717) is 11.8 Å². The number of phenolic OH excluding ortho intramolecular Hbond substituents is 1. The predicted octanol–water partition coefficient (Wildman–Crippen LogP) is 3.46. The van der Waals surface area contributed by atoms with Crippen LogP contribution in [0.5, 0.6) is 5.75 Å². The van der Waals surface area contributed by atoms with E-state index in [1.54, 1.807) is 6.07 Å². The maximum atomic E-state index is 9.60. The van der Waals surface area contributed by atoms with Gasteiger partial charge in [-0.3, -0.25) is 4.90 Å². The Labute approximate surface area is 132 Å². The van der Waals surface area contributed by atoms with Gasteiger partial charge in [-0.25, -0.2) is 0 Å². The van der Waals surface area contributed by atoms with Crippen LogP contribution >= 0.6 is 0 Å². The molecule has 0 amide bonds. The van der Waals surface area contributed by atoms with Gasteiger partial charge in [-0.15, -0.1) is 6.58 Å². The zero-order valence-corrected chi connectivity index (χ0v) is 13.0. The molecule has 22 heavy (non-hydrogen) atoms. The first kappa shape index (κ1) is 15.1. The van der Waals surface area contributed by atoms with E-state index in [1.807, 2.05) is 18.2 Å². The zero-order valence-electron chi connectivity index (χ0n) is 13.0. The van der Waals surface area contributed by atoms with Crippen molar-refractivity contribution >= 4 is 10.8 Å². The monoisotopic (exact) mass is 296 g/mol. The first-order valence-corrected chi connectivity index (χ1v) is 8.06. The van der Waals surface area contributed by atoms with E-state index < -0.39 is 0 Å². The fourth-order valence-electron chi connectivity index (χ4n) is 3.29. The van der Waals surface area contributed by atoms with Crippen molar-refractivity contribution in [3.05, 3.63) is 54.6 Å². The van der Waals surface area contributed by atoms with Crippen LogP contribution < -0.4 is 5.32 Å². The molecule has 0 radical (unpaired) electrons. The van der Waals surface area contributed by atoms with Gasteiger partial charge >= 0.3 is 0 Å². The lowest BCUT2D eigenvalue weighted by Crippen LogP contribution is -2.45. The van der Waals surface area contributed by atoms with Crippen molar-refractivity contribution in [2.75, 3.05) is 26.2 Å². The molecule has 116 valence electrons. The number of fused-ring (bicyclic) bond motifs is 1. The topological polar surface area (TPSA) is 35.5 Å². The van der Waals surface area contributed by atoms with E-state index in [2.05, 4.69) is 35.0 Å². The number of rotatable bonds is 5. The summed E-state index contributed by atoms with van der Waals surface area (Å²) in [6.45, 7) is 8.18. The van der Waals surface area contributed by atoms with Crippen molar-refractivity contribution in [1.82, 2.24) is 10.2 Å². The maximum absolute atomic E-state index is 9.60. The molecule has 0 spiro atoms. The van der Waals surface area contributed by atoms with Crippen LogP contribution in [0.15, 0.2) is 49.1 Å². The second kappa shape index (κ2) is 6.95. The Hall–Kier alpha value is -1.84. The second-order valence-electron chi connectivity index (χ2n) is 5.96. The van der Waals surface area contributed by atoms with Crippen LogP contribution in [0.25, 0.3) is 10.8 Å². The molecule has 2 aromatic rings. The van der Waals surface area contributed by atoms with Crippen molar-refractivity contribution in [3.63, 3.8) is 0 Å². The number of hydrogen-bond donors (Lipinski definition) is 2. The summed E-state index contributed by atoms with van der Waals surface area (Å²) < 4.78 is 0. The van der Waals surface area contributed by atoms with E-state index in [9.17, 15) is 5.11 Å². The standard InChI is InChI=1S/C19H24N2O/c1-2-3-4-19(21-11-9-20-10-12-21)17-6-5-16-14-18(22)8-7-15(16)13-17/h2,5-8,13-14,19-20,22H,1,3-4,9-12H2/t19-/m0/s1. The zero-order chi connectivity index (χ0) is 15.4. The number of nitrogens with zero attached hydrogens (tertiary/aromatic N) is 1. The summed E-state index contributed by atoms with van der Waals surface area (Å²) in [4.78, 5) is 2.57. The number of aromatic hydroxyl groups is 1. The molecule has 1 saturated heterocycles. The van der Waals surface area contributed by atoms with Gasteiger partial charge in [-0.05, 0) is 47.4 Å². The third-order valence-corrected chi connectivity index (χ3v) is 4.47. The molecular weight excluding hydrogens is 272 g/mol. The molecule has 0 aliphatic carbocycles. The average molecular weight is 296 g/mol. The Kier molecular flexibility index (Phi) is 4.76. The van der Waals surface area contributed by atoms with Crippen LogP contribution in [0.1, 0.15) is 24.4 Å². The molecule has 1 fully saturated rings. The Morgan fingerprint density at radius 2 is 1.86 bits per heavy atom. The summed E-state index contributed by atoms with van der Waals surface area (Å²) >= 11 is 0. The van der Waals surface area contributed by atoms with E-state index in [0.717, 1.165) is 44.4 Å². The molecule has 1 aliphatic rings. The Morgan fingerprint density at radius 1 is 1.14 bits per heavy atom. The molecule has 0 bridgehead atoms. The number of hydrogen-bond acceptors (Lipinski definition) is 3. The predicted molar refractivity (Wildman–Crippen MR) is 92.2 cm³/mol. The highest BCUT2D eigenvalue weighted by atomic mass is 16.3. The fourth-order valence-corrected chi connectivity index (χ4v) is 3.29. The SMILES string of the molecule is C=CCC[C@@H](c1ccc2cc(O)ccc2c1)N1CCNCC1. The molecule has 0 unspecified atom stereocenters. The van der Waals surface area contributed by atoms with Crippen molar-refractivity contribution < 1.29 is 5.11 Å². The third kappa shape index (κ3) is 3.32. The van der Waals surface area contributed by atoms with Crippen LogP contribution in [-0.2, 0) is 0 Å². The molecule has 3 heteroatoms. The molecule has 0 aromatic heterocycles. The van der Waals surface area contributed by atoms with Gasteiger partial charge in [0.25, 0.3) is 0 Å². The summed E-state index contributed by atoms with van der Waals surface area (Å²) in [5.41, 5.74) is 1.36. The van der Waals surface area contributed by atoms with E-state index >= 15 is 0 Å². The smallest absolute Gasteiger partial charge is 0.116 e. The van der Waals surface area contributed by atoms with Gasteiger partial charge in [-0.1, -0.05) is 24.3 Å². The van der Waals surface area contributed by atoms with Gasteiger partial charge in [0, 0.05) is 32.2 Å². The Bertz CT molecular complexity index is 647. The maximum Gasteiger partial charge on any atom is 0.116 e. The third-order valence-electron chi connectivity index (χ3n) is 4.47. The van der Waals surface area contributed by atoms with Crippen molar-refractivity contribution in [2.24, 2.45) is 0 Å². The minimum absolute atomic E-state index is 0.325. The van der Waals surface area contributed by atoms with Crippen LogP contribution in [0.3, 0.4) is 0 Å². The van der Waals surface area contributed by atoms with Gasteiger partial charge in [0.1, 0.15) is 5.75 Å². The molecule has 2 aromatic carbocycles. The van der Waals surface area contributed by atoms with Gasteiger partial charge in [0.05, 0.1) is 0 Å². The summed E-state index contributed by atoms with van der Waals surface area (Å²) in [5, 5.41) is 15.3. The normalized spacial score (nSPS) is 17.5. The molecule has 1 aliphatic heterocycles. The largest absolute Gasteiger partial charge is 0.508 e. The van der Waals surface area contributed by atoms with Gasteiger partial charge < -0.3 is 10.4 Å². The fraction of sp³-hybridized carbons (Fsp3) is 0.368. The van der Waals surface area contributed by atoms with Crippen LogP contribution in [-0.4, -0.2) is 36.2 Å². The highest BCUT2D eigenvalue weighted by Gasteiger charge is 2.21. The first-order valence-electron chi connectivity index (χ1n) is 8.06. The Balaban J connectivity index is 1.91. The Morgan fingerprint density at radius 3 is 2.64 bits per heavy atom. The highest BCUT2D eigenvalue weighted by Crippen LogP contribution is 2.30. The molecule has 3 rings (SSSR count). The molecule has 1 heterocycles. The van der Waals surface area contributed by atoms with Gasteiger partial charge in [-0.2, -0.15) is 0 Å².